The number of amides is 1. The number of hydrogen-bond donors (Lipinski definition) is 2. The lowest BCUT2D eigenvalue weighted by molar-refractivity contribution is 0.0210. The van der Waals surface area contributed by atoms with Gasteiger partial charge < -0.3 is 15.0 Å². The van der Waals surface area contributed by atoms with Crippen LogP contribution in [0.1, 0.15) is 33.6 Å². The largest absolute Gasteiger partial charge is 0.444 e. The van der Waals surface area contributed by atoms with Crippen molar-refractivity contribution < 1.29 is 17.9 Å². The average molecular weight is 355 g/mol. The summed E-state index contributed by atoms with van der Waals surface area (Å²) in [5, 5.41) is 8.43. The number of likely N-dealkylation sites (tertiary alicyclic amines) is 1. The van der Waals surface area contributed by atoms with E-state index >= 15 is 0 Å². The highest BCUT2D eigenvalue weighted by Crippen LogP contribution is 2.20. The molecule has 2 rings (SSSR count). The Kier molecular flexibility index (Phi) is 5.39. The Hall–Kier alpha value is -1.80. The number of anilines is 1. The van der Waals surface area contributed by atoms with E-state index in [1.54, 1.807) is 17.0 Å². The Morgan fingerprint density at radius 2 is 1.75 bits per heavy atom. The molecule has 0 spiro atoms. The average Bonchev–Trinajstić information content (AvgIpc) is 2.46. The highest BCUT2D eigenvalue weighted by molar-refractivity contribution is 7.89. The molecule has 0 aromatic heterocycles. The van der Waals surface area contributed by atoms with Crippen LogP contribution in [0.15, 0.2) is 29.2 Å². The van der Waals surface area contributed by atoms with E-state index in [2.05, 4.69) is 5.32 Å². The van der Waals surface area contributed by atoms with Crippen LogP contribution in [0.5, 0.6) is 0 Å². The van der Waals surface area contributed by atoms with Crippen molar-refractivity contribution in [2.45, 2.75) is 50.2 Å². The van der Waals surface area contributed by atoms with Crippen LogP contribution in [0.3, 0.4) is 0 Å². The molecule has 1 fully saturated rings. The third kappa shape index (κ3) is 5.38. The van der Waals surface area contributed by atoms with Crippen LogP contribution >= 0.6 is 0 Å². The van der Waals surface area contributed by atoms with Crippen LogP contribution in [-0.2, 0) is 14.8 Å². The fraction of sp³-hybridized carbons (Fsp3) is 0.562. The molecule has 1 heterocycles. The molecule has 3 N–H and O–H groups in total. The number of nitrogens with two attached hydrogens (primary N) is 1. The molecule has 1 saturated heterocycles. The molecule has 0 atom stereocenters. The summed E-state index contributed by atoms with van der Waals surface area (Å²) in [6.07, 6.45) is 1.32. The Balaban J connectivity index is 1.86. The summed E-state index contributed by atoms with van der Waals surface area (Å²) in [6.45, 7) is 6.81. The van der Waals surface area contributed by atoms with Gasteiger partial charge in [-0.05, 0) is 57.9 Å². The summed E-state index contributed by atoms with van der Waals surface area (Å²) in [4.78, 5) is 13.8. The molecule has 0 unspecified atom stereocenters. The van der Waals surface area contributed by atoms with Crippen molar-refractivity contribution in [2.75, 3.05) is 18.4 Å². The fourth-order valence-corrected chi connectivity index (χ4v) is 3.02. The summed E-state index contributed by atoms with van der Waals surface area (Å²) in [5.41, 5.74) is 0.343. The van der Waals surface area contributed by atoms with E-state index in [1.807, 2.05) is 20.8 Å². The number of carbonyl (C=O) groups is 1. The summed E-state index contributed by atoms with van der Waals surface area (Å²) < 4.78 is 27.9. The molecule has 1 aromatic rings. The second kappa shape index (κ2) is 6.98. The van der Waals surface area contributed by atoms with E-state index in [0.29, 0.717) is 13.1 Å². The van der Waals surface area contributed by atoms with Crippen molar-refractivity contribution in [3.05, 3.63) is 24.3 Å². The Labute approximate surface area is 143 Å². The van der Waals surface area contributed by atoms with Gasteiger partial charge in [0.05, 0.1) is 4.90 Å². The Morgan fingerprint density at radius 3 is 2.21 bits per heavy atom. The van der Waals surface area contributed by atoms with E-state index in [9.17, 15) is 13.2 Å². The van der Waals surface area contributed by atoms with Gasteiger partial charge in [0.25, 0.3) is 0 Å². The second-order valence-corrected chi connectivity index (χ2v) is 8.52. The third-order valence-electron chi connectivity index (χ3n) is 3.70. The van der Waals surface area contributed by atoms with E-state index in [0.717, 1.165) is 18.5 Å². The first-order valence-electron chi connectivity index (χ1n) is 7.92. The minimum atomic E-state index is -3.67. The van der Waals surface area contributed by atoms with Crippen LogP contribution in [0, 0.1) is 0 Å². The fourth-order valence-electron chi connectivity index (χ4n) is 2.51. The molecule has 1 amide bonds. The predicted octanol–water partition coefficient (Wildman–Crippen LogP) is 2.15. The smallest absolute Gasteiger partial charge is 0.410 e. The minimum absolute atomic E-state index is 0.0906. The minimum Gasteiger partial charge on any atom is -0.444 e. The molecule has 8 heteroatoms. The van der Waals surface area contributed by atoms with Gasteiger partial charge in [0.15, 0.2) is 0 Å². The van der Waals surface area contributed by atoms with Gasteiger partial charge in [-0.3, -0.25) is 0 Å². The highest BCUT2D eigenvalue weighted by Gasteiger charge is 2.26. The molecule has 134 valence electrons. The number of nitrogens with zero attached hydrogens (tertiary/aromatic N) is 1. The van der Waals surface area contributed by atoms with E-state index < -0.39 is 15.6 Å². The maximum atomic E-state index is 12.0. The summed E-state index contributed by atoms with van der Waals surface area (Å²) >= 11 is 0. The van der Waals surface area contributed by atoms with Gasteiger partial charge in [-0.1, -0.05) is 0 Å². The van der Waals surface area contributed by atoms with Crippen LogP contribution in [-0.4, -0.2) is 44.1 Å². The number of benzene rings is 1. The van der Waals surface area contributed by atoms with Gasteiger partial charge in [-0.2, -0.15) is 0 Å². The number of rotatable bonds is 3. The SMILES string of the molecule is CC(C)(C)OC(=O)N1CCC(Nc2ccc(S(N)(=O)=O)cc2)CC1. The molecule has 7 nitrogen and oxygen atoms in total. The van der Waals surface area contributed by atoms with Crippen molar-refractivity contribution in [1.29, 1.82) is 0 Å². The lowest BCUT2D eigenvalue weighted by Crippen LogP contribution is -2.44. The zero-order chi connectivity index (χ0) is 18.0. The zero-order valence-corrected chi connectivity index (χ0v) is 15.1. The Bertz CT molecular complexity index is 672. The van der Waals surface area contributed by atoms with Crippen LogP contribution in [0.4, 0.5) is 10.5 Å². The van der Waals surface area contributed by atoms with E-state index in [4.69, 9.17) is 9.88 Å². The van der Waals surface area contributed by atoms with Gasteiger partial charge >= 0.3 is 6.09 Å². The van der Waals surface area contributed by atoms with Crippen molar-refractivity contribution in [3.8, 4) is 0 Å². The summed E-state index contributed by atoms with van der Waals surface area (Å²) in [6, 6.07) is 6.57. The molecule has 1 aliphatic heterocycles. The molecular formula is C16H25N3O4S. The quantitative estimate of drug-likeness (QED) is 0.865. The topological polar surface area (TPSA) is 102 Å². The normalized spacial score (nSPS) is 16.8. The first kappa shape index (κ1) is 18.5. The maximum Gasteiger partial charge on any atom is 0.410 e. The predicted molar refractivity (Wildman–Crippen MR) is 92.3 cm³/mol. The van der Waals surface area contributed by atoms with Crippen LogP contribution in [0.25, 0.3) is 0 Å². The van der Waals surface area contributed by atoms with Gasteiger partial charge in [-0.25, -0.2) is 18.4 Å². The number of ether oxygens (including phenoxy) is 1. The van der Waals surface area contributed by atoms with Gasteiger partial charge in [0.2, 0.25) is 10.0 Å². The number of nitrogens with one attached hydrogen (secondary N) is 1. The van der Waals surface area contributed by atoms with Crippen LogP contribution in [0.2, 0.25) is 0 Å². The van der Waals surface area contributed by atoms with Crippen molar-refractivity contribution in [2.24, 2.45) is 5.14 Å². The summed E-state index contributed by atoms with van der Waals surface area (Å²) in [7, 11) is -3.67. The molecule has 0 radical (unpaired) electrons. The van der Waals surface area contributed by atoms with Crippen LogP contribution < -0.4 is 10.5 Å². The molecule has 0 bridgehead atoms. The second-order valence-electron chi connectivity index (χ2n) is 6.96. The molecule has 24 heavy (non-hydrogen) atoms. The van der Waals surface area contributed by atoms with Gasteiger partial charge in [0, 0.05) is 24.8 Å². The number of hydrogen-bond acceptors (Lipinski definition) is 5. The summed E-state index contributed by atoms with van der Waals surface area (Å²) in [5.74, 6) is 0. The first-order valence-corrected chi connectivity index (χ1v) is 9.46. The zero-order valence-electron chi connectivity index (χ0n) is 14.3. The monoisotopic (exact) mass is 355 g/mol. The first-order chi connectivity index (χ1) is 11.0. The van der Waals surface area contributed by atoms with Crippen molar-refractivity contribution in [1.82, 2.24) is 4.90 Å². The molecule has 0 aliphatic carbocycles. The van der Waals surface area contributed by atoms with E-state index in [1.165, 1.54) is 12.1 Å². The number of carbonyl (C=O) groups excluding carboxylic acids is 1. The molecule has 0 saturated carbocycles. The van der Waals surface area contributed by atoms with Gasteiger partial charge in [-0.15, -0.1) is 0 Å². The van der Waals surface area contributed by atoms with Gasteiger partial charge in [0.1, 0.15) is 5.60 Å². The lowest BCUT2D eigenvalue weighted by atomic mass is 10.0. The van der Waals surface area contributed by atoms with E-state index in [-0.39, 0.29) is 17.0 Å². The molecule has 1 aromatic carbocycles. The number of sulfonamides is 1. The number of piperidine rings is 1. The molecule has 1 aliphatic rings. The highest BCUT2D eigenvalue weighted by atomic mass is 32.2. The Morgan fingerprint density at radius 1 is 1.21 bits per heavy atom. The third-order valence-corrected chi connectivity index (χ3v) is 4.63. The van der Waals surface area contributed by atoms with Crippen molar-refractivity contribution in [3.63, 3.8) is 0 Å². The standard InChI is InChI=1S/C16H25N3O4S/c1-16(2,3)23-15(20)19-10-8-13(9-11-19)18-12-4-6-14(7-5-12)24(17,21)22/h4-7,13,18H,8-11H2,1-3H3,(H2,17,21,22). The molecular weight excluding hydrogens is 330 g/mol. The lowest BCUT2D eigenvalue weighted by Gasteiger charge is -2.34. The number of primary sulfonamides is 1. The maximum absolute atomic E-state index is 12.0. The van der Waals surface area contributed by atoms with Crippen molar-refractivity contribution >= 4 is 21.8 Å².